The molecule has 1 unspecified atom stereocenters. The van der Waals surface area contributed by atoms with Crippen LogP contribution in [0.15, 0.2) is 34.2 Å². The van der Waals surface area contributed by atoms with E-state index in [1.165, 1.54) is 24.2 Å². The van der Waals surface area contributed by atoms with Crippen molar-refractivity contribution >= 4 is 17.2 Å². The van der Waals surface area contributed by atoms with Gasteiger partial charge in [0.25, 0.3) is 5.91 Å². The van der Waals surface area contributed by atoms with E-state index >= 15 is 0 Å². The Bertz CT molecular complexity index is 960. The number of nitrogens with zero attached hydrogens (tertiary/aromatic N) is 3. The minimum Gasteiger partial charge on any atom is -0.494 e. The molecule has 8 heteroatoms. The van der Waals surface area contributed by atoms with Gasteiger partial charge in [-0.3, -0.25) is 4.79 Å². The highest BCUT2D eigenvalue weighted by atomic mass is 32.1. The minimum atomic E-state index is -0.374. The van der Waals surface area contributed by atoms with Gasteiger partial charge in [-0.15, -0.1) is 11.3 Å². The molecule has 1 fully saturated rings. The minimum absolute atomic E-state index is 0.258. The van der Waals surface area contributed by atoms with Crippen LogP contribution in [0.4, 0.5) is 0 Å². The van der Waals surface area contributed by atoms with Crippen molar-refractivity contribution in [1.82, 2.24) is 20.4 Å². The SMILES string of the molecule is CCOc1ccc(-c2nc(C(=O)NC(C)c3nc(C4CCCC4)no3)cs2)cc1. The number of carbonyl (C=O) groups is 1. The number of hydrogen-bond acceptors (Lipinski definition) is 7. The lowest BCUT2D eigenvalue weighted by molar-refractivity contribution is 0.0928. The predicted molar refractivity (Wildman–Crippen MR) is 110 cm³/mol. The van der Waals surface area contributed by atoms with Crippen LogP contribution >= 0.6 is 11.3 Å². The van der Waals surface area contributed by atoms with Crippen LogP contribution in [0.3, 0.4) is 0 Å². The maximum Gasteiger partial charge on any atom is 0.271 e. The van der Waals surface area contributed by atoms with E-state index in [0.29, 0.717) is 24.1 Å². The molecule has 0 bridgehead atoms. The maximum atomic E-state index is 12.6. The molecule has 2 heterocycles. The average Bonchev–Trinajstić information content (AvgIpc) is 3.49. The largest absolute Gasteiger partial charge is 0.494 e. The molecule has 0 saturated heterocycles. The van der Waals surface area contributed by atoms with Gasteiger partial charge in [0.15, 0.2) is 5.82 Å². The molecule has 0 aliphatic heterocycles. The van der Waals surface area contributed by atoms with Crippen molar-refractivity contribution in [3.63, 3.8) is 0 Å². The highest BCUT2D eigenvalue weighted by molar-refractivity contribution is 7.13. The van der Waals surface area contributed by atoms with E-state index in [2.05, 4.69) is 20.4 Å². The summed E-state index contributed by atoms with van der Waals surface area (Å²) in [6, 6.07) is 7.31. The van der Waals surface area contributed by atoms with Crippen LogP contribution in [0.5, 0.6) is 5.75 Å². The Balaban J connectivity index is 1.39. The third kappa shape index (κ3) is 4.48. The van der Waals surface area contributed by atoms with E-state index in [1.54, 1.807) is 5.38 Å². The summed E-state index contributed by atoms with van der Waals surface area (Å²) in [6.07, 6.45) is 4.63. The summed E-state index contributed by atoms with van der Waals surface area (Å²) in [5.74, 6) is 2.13. The first-order chi connectivity index (χ1) is 14.1. The van der Waals surface area contributed by atoms with Crippen molar-refractivity contribution in [2.75, 3.05) is 6.61 Å². The fraction of sp³-hybridized carbons (Fsp3) is 0.429. The normalized spacial score (nSPS) is 15.4. The summed E-state index contributed by atoms with van der Waals surface area (Å²) in [7, 11) is 0. The zero-order valence-electron chi connectivity index (χ0n) is 16.6. The summed E-state index contributed by atoms with van der Waals surface area (Å²) in [4.78, 5) is 21.6. The second-order valence-corrected chi connectivity index (χ2v) is 8.02. The monoisotopic (exact) mass is 412 g/mol. The molecule has 7 nitrogen and oxygen atoms in total. The second kappa shape index (κ2) is 8.73. The van der Waals surface area contributed by atoms with Crippen molar-refractivity contribution in [1.29, 1.82) is 0 Å². The number of carbonyl (C=O) groups excluding carboxylic acids is 1. The molecule has 0 spiro atoms. The van der Waals surface area contributed by atoms with Gasteiger partial charge in [0.05, 0.1) is 6.61 Å². The molecule has 29 heavy (non-hydrogen) atoms. The fourth-order valence-corrected chi connectivity index (χ4v) is 4.28. The summed E-state index contributed by atoms with van der Waals surface area (Å²) >= 11 is 1.43. The number of amides is 1. The first-order valence-electron chi connectivity index (χ1n) is 9.97. The van der Waals surface area contributed by atoms with Gasteiger partial charge in [0.1, 0.15) is 22.5 Å². The van der Waals surface area contributed by atoms with Gasteiger partial charge in [0, 0.05) is 16.9 Å². The number of hydrogen-bond donors (Lipinski definition) is 1. The molecule has 1 aliphatic carbocycles. The van der Waals surface area contributed by atoms with Gasteiger partial charge in [-0.25, -0.2) is 4.98 Å². The molecule has 2 aromatic heterocycles. The van der Waals surface area contributed by atoms with Gasteiger partial charge in [-0.05, 0) is 51.0 Å². The smallest absolute Gasteiger partial charge is 0.271 e. The first-order valence-corrected chi connectivity index (χ1v) is 10.8. The van der Waals surface area contributed by atoms with Crippen LogP contribution in [0.1, 0.15) is 73.7 Å². The molecule has 1 aromatic carbocycles. The number of ether oxygens (including phenoxy) is 1. The summed E-state index contributed by atoms with van der Waals surface area (Å²) in [6.45, 7) is 4.41. The van der Waals surface area contributed by atoms with Crippen molar-refractivity contribution in [3.8, 4) is 16.3 Å². The molecular weight excluding hydrogens is 388 g/mol. The highest BCUT2D eigenvalue weighted by Gasteiger charge is 2.25. The molecule has 1 N–H and O–H groups in total. The number of rotatable bonds is 7. The Morgan fingerprint density at radius 1 is 1.28 bits per heavy atom. The van der Waals surface area contributed by atoms with Crippen LogP contribution in [0, 0.1) is 0 Å². The van der Waals surface area contributed by atoms with Gasteiger partial charge in [-0.1, -0.05) is 18.0 Å². The Morgan fingerprint density at radius 2 is 2.03 bits per heavy atom. The molecule has 1 amide bonds. The molecule has 1 aliphatic rings. The third-order valence-electron chi connectivity index (χ3n) is 5.04. The number of benzene rings is 1. The lowest BCUT2D eigenvalue weighted by Gasteiger charge is -2.08. The standard InChI is InChI=1S/C21H24N4O3S/c1-3-27-16-10-8-15(9-11-16)21-23-17(12-29-21)19(26)22-13(2)20-24-18(25-28-20)14-6-4-5-7-14/h8-14H,3-7H2,1-2H3,(H,22,26). The Labute approximate surface area is 173 Å². The van der Waals surface area contributed by atoms with E-state index in [9.17, 15) is 4.79 Å². The molecular formula is C21H24N4O3S. The topological polar surface area (TPSA) is 90.1 Å². The lowest BCUT2D eigenvalue weighted by atomic mass is 10.1. The lowest BCUT2D eigenvalue weighted by Crippen LogP contribution is -2.27. The van der Waals surface area contributed by atoms with Crippen LogP contribution in [-0.2, 0) is 0 Å². The summed E-state index contributed by atoms with van der Waals surface area (Å²) < 4.78 is 10.8. The highest BCUT2D eigenvalue weighted by Crippen LogP contribution is 2.32. The maximum absolute atomic E-state index is 12.6. The Hall–Kier alpha value is -2.74. The van der Waals surface area contributed by atoms with E-state index in [-0.39, 0.29) is 11.9 Å². The quantitative estimate of drug-likeness (QED) is 0.603. The van der Waals surface area contributed by atoms with E-state index < -0.39 is 0 Å². The number of nitrogens with one attached hydrogen (secondary N) is 1. The van der Waals surface area contributed by atoms with Gasteiger partial charge in [0.2, 0.25) is 5.89 Å². The van der Waals surface area contributed by atoms with Crippen molar-refractivity contribution in [2.45, 2.75) is 51.5 Å². The van der Waals surface area contributed by atoms with Crippen LogP contribution in [-0.4, -0.2) is 27.6 Å². The number of aromatic nitrogens is 3. The fourth-order valence-electron chi connectivity index (χ4n) is 3.48. The van der Waals surface area contributed by atoms with Gasteiger partial charge >= 0.3 is 0 Å². The molecule has 152 valence electrons. The summed E-state index contributed by atoms with van der Waals surface area (Å²) in [5, 5.41) is 9.54. The zero-order chi connectivity index (χ0) is 20.2. The Kier molecular flexibility index (Phi) is 5.89. The van der Waals surface area contributed by atoms with E-state index in [0.717, 1.165) is 35.0 Å². The summed E-state index contributed by atoms with van der Waals surface area (Å²) in [5.41, 5.74) is 1.32. The Morgan fingerprint density at radius 3 is 2.76 bits per heavy atom. The molecule has 1 atom stereocenters. The molecule has 3 aromatic rings. The van der Waals surface area contributed by atoms with Crippen LogP contribution in [0.25, 0.3) is 10.6 Å². The van der Waals surface area contributed by atoms with Crippen LogP contribution in [0.2, 0.25) is 0 Å². The second-order valence-electron chi connectivity index (χ2n) is 7.16. The average molecular weight is 413 g/mol. The van der Waals surface area contributed by atoms with Crippen molar-refractivity contribution in [2.24, 2.45) is 0 Å². The van der Waals surface area contributed by atoms with Crippen molar-refractivity contribution < 1.29 is 14.1 Å². The molecule has 4 rings (SSSR count). The number of thiazole rings is 1. The van der Waals surface area contributed by atoms with E-state index in [4.69, 9.17) is 9.26 Å². The molecule has 1 saturated carbocycles. The first kappa shape index (κ1) is 19.6. The van der Waals surface area contributed by atoms with Crippen molar-refractivity contribution in [3.05, 3.63) is 47.1 Å². The predicted octanol–water partition coefficient (Wildman–Crippen LogP) is 4.74. The third-order valence-corrected chi connectivity index (χ3v) is 5.94. The van der Waals surface area contributed by atoms with E-state index in [1.807, 2.05) is 38.1 Å². The van der Waals surface area contributed by atoms with Gasteiger partial charge in [-0.2, -0.15) is 4.98 Å². The van der Waals surface area contributed by atoms with Gasteiger partial charge < -0.3 is 14.6 Å². The van der Waals surface area contributed by atoms with Crippen LogP contribution < -0.4 is 10.1 Å². The zero-order valence-corrected chi connectivity index (χ0v) is 17.4. The molecule has 0 radical (unpaired) electrons.